The van der Waals surface area contributed by atoms with Gasteiger partial charge in [-0.25, -0.2) is 18.7 Å². The maximum atomic E-state index is 14.6. The standard InChI is InChI=1S/C24H25F2N5O2/c1-24(6-4-12-8-15(25)13-2-3-19(27)30-17(13)9-12)10-18(21(32)22(24)33)31-7-5-14-20(31)16(26)11-29-23(14)28/h2-3,5,7-9,11,18,21-22,32-33H,4,6,10H2,1H3,(H2,27,30)(H2,28,29)/t18-,21+,22+,24+/m1/s1. The lowest BCUT2D eigenvalue weighted by molar-refractivity contribution is -0.0241. The van der Waals surface area contributed by atoms with E-state index in [1.165, 1.54) is 6.07 Å². The molecule has 9 heteroatoms. The Morgan fingerprint density at radius 2 is 1.91 bits per heavy atom. The number of rotatable bonds is 4. The zero-order chi connectivity index (χ0) is 23.5. The van der Waals surface area contributed by atoms with E-state index < -0.39 is 29.5 Å². The molecule has 0 saturated heterocycles. The lowest BCUT2D eigenvalue weighted by Gasteiger charge is -2.28. The fourth-order valence-electron chi connectivity index (χ4n) is 5.13. The maximum Gasteiger partial charge on any atom is 0.165 e. The second-order valence-electron chi connectivity index (χ2n) is 9.22. The van der Waals surface area contributed by atoms with Crippen LogP contribution in [0.15, 0.2) is 42.7 Å². The first-order valence-electron chi connectivity index (χ1n) is 10.8. The van der Waals surface area contributed by atoms with E-state index in [0.29, 0.717) is 41.4 Å². The van der Waals surface area contributed by atoms with Crippen LogP contribution in [0.4, 0.5) is 20.4 Å². The van der Waals surface area contributed by atoms with Crippen LogP contribution in [0.3, 0.4) is 0 Å². The van der Waals surface area contributed by atoms with Crippen LogP contribution in [-0.2, 0) is 6.42 Å². The third kappa shape index (κ3) is 3.48. The molecule has 3 heterocycles. The van der Waals surface area contributed by atoms with Gasteiger partial charge in [0.2, 0.25) is 0 Å². The fourth-order valence-corrected chi connectivity index (χ4v) is 5.13. The van der Waals surface area contributed by atoms with Crippen molar-refractivity contribution in [2.24, 2.45) is 5.41 Å². The van der Waals surface area contributed by atoms with Crippen LogP contribution in [0.25, 0.3) is 21.8 Å². The van der Waals surface area contributed by atoms with Crippen molar-refractivity contribution in [3.8, 4) is 0 Å². The molecule has 0 spiro atoms. The quantitative estimate of drug-likeness (QED) is 0.376. The predicted molar refractivity (Wildman–Crippen MR) is 122 cm³/mol. The Morgan fingerprint density at radius 3 is 2.70 bits per heavy atom. The number of pyridine rings is 2. The highest BCUT2D eigenvalue weighted by molar-refractivity contribution is 5.89. The van der Waals surface area contributed by atoms with Crippen LogP contribution in [-0.4, -0.2) is 37.0 Å². The van der Waals surface area contributed by atoms with Crippen molar-refractivity contribution in [1.82, 2.24) is 14.5 Å². The fraction of sp³-hybridized carbons (Fsp3) is 0.333. The molecule has 7 nitrogen and oxygen atoms in total. The summed E-state index contributed by atoms with van der Waals surface area (Å²) in [7, 11) is 0. The Hall–Kier alpha value is -3.30. The summed E-state index contributed by atoms with van der Waals surface area (Å²) in [6, 6.07) is 7.52. The number of nitrogens with two attached hydrogens (primary N) is 2. The monoisotopic (exact) mass is 453 g/mol. The third-order valence-corrected chi connectivity index (χ3v) is 7.02. The van der Waals surface area contributed by atoms with Crippen molar-refractivity contribution in [1.29, 1.82) is 0 Å². The van der Waals surface area contributed by atoms with Gasteiger partial charge >= 0.3 is 0 Å². The summed E-state index contributed by atoms with van der Waals surface area (Å²) in [6.07, 6.45) is 1.93. The van der Waals surface area contributed by atoms with Crippen LogP contribution in [0.1, 0.15) is 31.4 Å². The van der Waals surface area contributed by atoms with Crippen molar-refractivity contribution in [2.45, 2.75) is 44.4 Å². The van der Waals surface area contributed by atoms with E-state index in [-0.39, 0.29) is 17.2 Å². The van der Waals surface area contributed by atoms with Gasteiger partial charge in [-0.15, -0.1) is 0 Å². The molecule has 1 fully saturated rings. The average molecular weight is 453 g/mol. The zero-order valence-corrected chi connectivity index (χ0v) is 18.0. The van der Waals surface area contributed by atoms with E-state index in [4.69, 9.17) is 11.5 Å². The van der Waals surface area contributed by atoms with Crippen LogP contribution in [0.2, 0.25) is 0 Å². The van der Waals surface area contributed by atoms with E-state index >= 15 is 0 Å². The summed E-state index contributed by atoms with van der Waals surface area (Å²) in [5, 5.41) is 22.7. The Bertz CT molecular complexity index is 1370. The molecule has 3 aromatic heterocycles. The molecule has 1 aromatic carbocycles. The highest BCUT2D eigenvalue weighted by Crippen LogP contribution is 2.48. The molecule has 5 rings (SSSR count). The van der Waals surface area contributed by atoms with Gasteiger partial charge in [-0.2, -0.15) is 0 Å². The first kappa shape index (κ1) is 21.5. The lowest BCUT2D eigenvalue weighted by atomic mass is 9.80. The average Bonchev–Trinajstić information content (AvgIpc) is 3.32. The number of aryl methyl sites for hydroxylation is 1. The van der Waals surface area contributed by atoms with Crippen LogP contribution >= 0.6 is 0 Å². The number of aliphatic hydroxyl groups is 2. The summed E-state index contributed by atoms with van der Waals surface area (Å²) in [5.74, 6) is -0.415. The first-order valence-corrected chi connectivity index (χ1v) is 10.8. The van der Waals surface area contributed by atoms with Crippen molar-refractivity contribution < 1.29 is 19.0 Å². The van der Waals surface area contributed by atoms with Gasteiger partial charge in [-0.05, 0) is 60.6 Å². The summed E-state index contributed by atoms with van der Waals surface area (Å²) in [5.41, 5.74) is 12.4. The molecule has 172 valence electrons. The molecule has 1 aliphatic carbocycles. The first-order chi connectivity index (χ1) is 15.7. The highest BCUT2D eigenvalue weighted by Gasteiger charge is 2.50. The van der Waals surface area contributed by atoms with Crippen molar-refractivity contribution >= 4 is 33.4 Å². The van der Waals surface area contributed by atoms with Gasteiger partial charge in [0.1, 0.15) is 23.6 Å². The van der Waals surface area contributed by atoms with Gasteiger partial charge in [0, 0.05) is 17.0 Å². The van der Waals surface area contributed by atoms with Crippen LogP contribution in [0.5, 0.6) is 0 Å². The molecular weight excluding hydrogens is 428 g/mol. The Balaban J connectivity index is 1.42. The molecule has 1 aliphatic rings. The number of hydrogen-bond acceptors (Lipinski definition) is 6. The van der Waals surface area contributed by atoms with E-state index in [0.717, 1.165) is 11.8 Å². The molecule has 1 saturated carbocycles. The summed E-state index contributed by atoms with van der Waals surface area (Å²) in [4.78, 5) is 8.05. The van der Waals surface area contributed by atoms with E-state index in [9.17, 15) is 19.0 Å². The summed E-state index contributed by atoms with van der Waals surface area (Å²) < 4.78 is 30.7. The van der Waals surface area contributed by atoms with Gasteiger partial charge in [0.05, 0.1) is 29.4 Å². The minimum Gasteiger partial charge on any atom is -0.390 e. The molecular formula is C24H25F2N5O2. The normalized spacial score (nSPS) is 25.3. The molecule has 4 atom stereocenters. The van der Waals surface area contributed by atoms with Crippen LogP contribution in [0, 0.1) is 17.0 Å². The van der Waals surface area contributed by atoms with E-state index in [1.54, 1.807) is 35.0 Å². The number of aromatic nitrogens is 3. The number of nitrogen functional groups attached to an aromatic ring is 2. The van der Waals surface area contributed by atoms with E-state index in [1.807, 2.05) is 6.92 Å². The molecule has 0 aliphatic heterocycles. The summed E-state index contributed by atoms with van der Waals surface area (Å²) in [6.45, 7) is 1.88. The van der Waals surface area contributed by atoms with Gasteiger partial charge in [-0.3, -0.25) is 0 Å². The van der Waals surface area contributed by atoms with Crippen molar-refractivity contribution in [3.63, 3.8) is 0 Å². The minimum atomic E-state index is -1.10. The van der Waals surface area contributed by atoms with Gasteiger partial charge in [0.25, 0.3) is 0 Å². The zero-order valence-electron chi connectivity index (χ0n) is 18.0. The number of nitrogens with zero attached hydrogens (tertiary/aromatic N) is 3. The summed E-state index contributed by atoms with van der Waals surface area (Å²) >= 11 is 0. The second-order valence-corrected chi connectivity index (χ2v) is 9.22. The van der Waals surface area contributed by atoms with Gasteiger partial charge < -0.3 is 26.2 Å². The number of halogens is 2. The van der Waals surface area contributed by atoms with Crippen molar-refractivity contribution in [2.75, 3.05) is 11.5 Å². The highest BCUT2D eigenvalue weighted by atomic mass is 19.1. The van der Waals surface area contributed by atoms with Gasteiger partial charge in [-0.1, -0.05) is 6.92 Å². The smallest absolute Gasteiger partial charge is 0.165 e. The van der Waals surface area contributed by atoms with E-state index in [2.05, 4.69) is 9.97 Å². The largest absolute Gasteiger partial charge is 0.390 e. The number of aliphatic hydroxyl groups excluding tert-OH is 2. The van der Waals surface area contributed by atoms with Crippen LogP contribution < -0.4 is 11.5 Å². The molecule has 33 heavy (non-hydrogen) atoms. The number of benzene rings is 1. The Labute approximate surface area is 188 Å². The molecule has 0 amide bonds. The Kier molecular flexibility index (Phi) is 4.98. The maximum absolute atomic E-state index is 14.6. The SMILES string of the molecule is C[C@]1(CCc2cc(F)c3ccc(N)nc3c2)C[C@@H](n2ccc3c(N)ncc(F)c32)[C@H](O)[C@@H]1O. The second kappa shape index (κ2) is 7.64. The number of fused-ring (bicyclic) bond motifs is 2. The molecule has 0 unspecified atom stereocenters. The van der Waals surface area contributed by atoms with Crippen molar-refractivity contribution in [3.05, 3.63) is 59.9 Å². The Morgan fingerprint density at radius 1 is 1.12 bits per heavy atom. The number of hydrogen-bond donors (Lipinski definition) is 4. The lowest BCUT2D eigenvalue weighted by Crippen LogP contribution is -2.35. The molecule has 0 bridgehead atoms. The molecule has 6 N–H and O–H groups in total. The number of anilines is 2. The minimum absolute atomic E-state index is 0.202. The predicted octanol–water partition coefficient (Wildman–Crippen LogP) is 3.33. The van der Waals surface area contributed by atoms with Gasteiger partial charge in [0.15, 0.2) is 5.82 Å². The molecule has 4 aromatic rings. The molecule has 0 radical (unpaired) electrons. The third-order valence-electron chi connectivity index (χ3n) is 7.02. The topological polar surface area (TPSA) is 123 Å².